The number of rotatable bonds is 5. The van der Waals surface area contributed by atoms with Crippen LogP contribution in [0, 0.1) is 5.92 Å². The molecular weight excluding hydrogens is 266 g/mol. The third-order valence-corrected chi connectivity index (χ3v) is 4.02. The summed E-state index contributed by atoms with van der Waals surface area (Å²) in [5, 5.41) is 3.10. The summed E-state index contributed by atoms with van der Waals surface area (Å²) in [6, 6.07) is 7.56. The van der Waals surface area contributed by atoms with Gasteiger partial charge in [-0.2, -0.15) is 0 Å². The first kappa shape index (κ1) is 15.7. The van der Waals surface area contributed by atoms with Gasteiger partial charge in [0, 0.05) is 6.04 Å². The molecule has 4 nitrogen and oxygen atoms in total. The monoisotopic (exact) mass is 291 g/mol. The zero-order chi connectivity index (χ0) is 15.2. The molecule has 0 radical (unpaired) electrons. The SMILES string of the molecule is COc1ccc(OC(C)C(=O)NC2CCCC(C)C2)cc1. The lowest BCUT2D eigenvalue weighted by Gasteiger charge is -2.28. The lowest BCUT2D eigenvalue weighted by molar-refractivity contribution is -0.128. The van der Waals surface area contributed by atoms with Crippen LogP contribution < -0.4 is 14.8 Å². The van der Waals surface area contributed by atoms with E-state index in [1.807, 2.05) is 24.3 Å². The van der Waals surface area contributed by atoms with E-state index >= 15 is 0 Å². The summed E-state index contributed by atoms with van der Waals surface area (Å²) in [7, 11) is 1.62. The van der Waals surface area contributed by atoms with E-state index in [2.05, 4.69) is 12.2 Å². The van der Waals surface area contributed by atoms with Crippen LogP contribution in [0.5, 0.6) is 11.5 Å². The minimum absolute atomic E-state index is 0.0371. The lowest BCUT2D eigenvalue weighted by atomic mass is 9.87. The number of ether oxygens (including phenoxy) is 2. The number of amides is 1. The van der Waals surface area contributed by atoms with E-state index in [1.54, 1.807) is 14.0 Å². The van der Waals surface area contributed by atoms with Gasteiger partial charge in [-0.1, -0.05) is 19.8 Å². The summed E-state index contributed by atoms with van der Waals surface area (Å²) in [6.07, 6.45) is 4.12. The predicted octanol–water partition coefficient (Wildman–Crippen LogP) is 3.16. The minimum Gasteiger partial charge on any atom is -0.497 e. The van der Waals surface area contributed by atoms with E-state index in [0.29, 0.717) is 17.7 Å². The number of hydrogen-bond acceptors (Lipinski definition) is 3. The van der Waals surface area contributed by atoms with Crippen LogP contribution in [-0.2, 0) is 4.79 Å². The predicted molar refractivity (Wildman–Crippen MR) is 82.6 cm³/mol. The van der Waals surface area contributed by atoms with E-state index in [4.69, 9.17) is 9.47 Å². The van der Waals surface area contributed by atoms with Gasteiger partial charge in [0.05, 0.1) is 7.11 Å². The Balaban J connectivity index is 1.83. The Labute approximate surface area is 126 Å². The van der Waals surface area contributed by atoms with Gasteiger partial charge in [0.1, 0.15) is 11.5 Å². The highest BCUT2D eigenvalue weighted by atomic mass is 16.5. The number of nitrogens with one attached hydrogen (secondary N) is 1. The number of carbonyl (C=O) groups is 1. The van der Waals surface area contributed by atoms with Crippen LogP contribution in [0.15, 0.2) is 24.3 Å². The molecule has 1 fully saturated rings. The van der Waals surface area contributed by atoms with Gasteiger partial charge in [-0.25, -0.2) is 0 Å². The van der Waals surface area contributed by atoms with Crippen LogP contribution in [0.4, 0.5) is 0 Å². The van der Waals surface area contributed by atoms with Gasteiger partial charge in [0.25, 0.3) is 5.91 Å². The second-order valence-electron chi connectivity index (χ2n) is 5.91. The summed E-state index contributed by atoms with van der Waals surface area (Å²) in [5.41, 5.74) is 0. The molecule has 0 bridgehead atoms. The Morgan fingerprint density at radius 1 is 1.24 bits per heavy atom. The van der Waals surface area contributed by atoms with E-state index in [-0.39, 0.29) is 5.91 Å². The van der Waals surface area contributed by atoms with Crippen molar-refractivity contribution in [2.45, 2.75) is 51.7 Å². The van der Waals surface area contributed by atoms with Crippen LogP contribution in [0.2, 0.25) is 0 Å². The molecule has 0 saturated heterocycles. The Morgan fingerprint density at radius 3 is 2.52 bits per heavy atom. The summed E-state index contributed by atoms with van der Waals surface area (Å²) >= 11 is 0. The lowest BCUT2D eigenvalue weighted by Crippen LogP contribution is -2.44. The van der Waals surface area contributed by atoms with Gasteiger partial charge in [-0.15, -0.1) is 0 Å². The average Bonchev–Trinajstić information content (AvgIpc) is 2.48. The Morgan fingerprint density at radius 2 is 1.90 bits per heavy atom. The highest BCUT2D eigenvalue weighted by molar-refractivity contribution is 5.81. The van der Waals surface area contributed by atoms with E-state index in [0.717, 1.165) is 18.6 Å². The van der Waals surface area contributed by atoms with Crippen LogP contribution in [-0.4, -0.2) is 25.2 Å². The number of hydrogen-bond donors (Lipinski definition) is 1. The van der Waals surface area contributed by atoms with Crippen molar-refractivity contribution in [1.29, 1.82) is 0 Å². The van der Waals surface area contributed by atoms with Crippen molar-refractivity contribution in [3.63, 3.8) is 0 Å². The summed E-state index contributed by atoms with van der Waals surface area (Å²) < 4.78 is 10.8. The van der Waals surface area contributed by atoms with Crippen LogP contribution in [0.3, 0.4) is 0 Å². The van der Waals surface area contributed by atoms with Crippen molar-refractivity contribution in [2.24, 2.45) is 5.92 Å². The van der Waals surface area contributed by atoms with Gasteiger partial charge in [-0.3, -0.25) is 4.79 Å². The van der Waals surface area contributed by atoms with Crippen molar-refractivity contribution in [1.82, 2.24) is 5.32 Å². The first-order valence-corrected chi connectivity index (χ1v) is 7.69. The summed E-state index contributed by atoms with van der Waals surface area (Å²) in [4.78, 5) is 12.2. The van der Waals surface area contributed by atoms with Gasteiger partial charge in [0.15, 0.2) is 6.10 Å². The highest BCUT2D eigenvalue weighted by Gasteiger charge is 2.23. The molecular formula is C17H25NO3. The van der Waals surface area contributed by atoms with Gasteiger partial charge in [-0.05, 0) is 49.9 Å². The topological polar surface area (TPSA) is 47.6 Å². The van der Waals surface area contributed by atoms with Crippen molar-refractivity contribution < 1.29 is 14.3 Å². The Hall–Kier alpha value is -1.71. The fraction of sp³-hybridized carbons (Fsp3) is 0.588. The molecule has 1 aliphatic carbocycles. The first-order valence-electron chi connectivity index (χ1n) is 7.69. The van der Waals surface area contributed by atoms with Gasteiger partial charge >= 0.3 is 0 Å². The van der Waals surface area contributed by atoms with Crippen LogP contribution >= 0.6 is 0 Å². The molecule has 21 heavy (non-hydrogen) atoms. The number of benzene rings is 1. The average molecular weight is 291 g/mol. The standard InChI is InChI=1S/C17H25NO3/c1-12-5-4-6-14(11-12)18-17(19)13(2)21-16-9-7-15(20-3)8-10-16/h7-10,12-14H,4-6,11H2,1-3H3,(H,18,19). The van der Waals surface area contributed by atoms with E-state index in [9.17, 15) is 4.79 Å². The van der Waals surface area contributed by atoms with Crippen molar-refractivity contribution in [2.75, 3.05) is 7.11 Å². The molecule has 2 rings (SSSR count). The molecule has 1 aromatic rings. The van der Waals surface area contributed by atoms with Crippen molar-refractivity contribution >= 4 is 5.91 Å². The van der Waals surface area contributed by atoms with E-state index in [1.165, 1.54) is 12.8 Å². The third kappa shape index (κ3) is 4.66. The minimum atomic E-state index is -0.490. The first-order chi connectivity index (χ1) is 10.1. The molecule has 1 aliphatic rings. The molecule has 0 spiro atoms. The fourth-order valence-corrected chi connectivity index (χ4v) is 2.80. The molecule has 3 atom stereocenters. The molecule has 0 aliphatic heterocycles. The normalized spacial score (nSPS) is 23.2. The maximum Gasteiger partial charge on any atom is 0.260 e. The van der Waals surface area contributed by atoms with Crippen LogP contribution in [0.25, 0.3) is 0 Å². The molecule has 1 amide bonds. The maximum atomic E-state index is 12.2. The molecule has 1 aromatic carbocycles. The summed E-state index contributed by atoms with van der Waals surface area (Å²) in [6.45, 7) is 4.03. The quantitative estimate of drug-likeness (QED) is 0.906. The number of carbonyl (C=O) groups excluding carboxylic acids is 1. The molecule has 1 N–H and O–H groups in total. The van der Waals surface area contributed by atoms with Gasteiger partial charge in [0.2, 0.25) is 0 Å². The number of methoxy groups -OCH3 is 1. The molecule has 0 aromatic heterocycles. The van der Waals surface area contributed by atoms with Crippen molar-refractivity contribution in [3.05, 3.63) is 24.3 Å². The Bertz CT molecular complexity index is 458. The largest absolute Gasteiger partial charge is 0.497 e. The maximum absolute atomic E-state index is 12.2. The van der Waals surface area contributed by atoms with Crippen molar-refractivity contribution in [3.8, 4) is 11.5 Å². The molecule has 3 unspecified atom stereocenters. The molecule has 0 heterocycles. The third-order valence-electron chi connectivity index (χ3n) is 4.02. The second-order valence-corrected chi connectivity index (χ2v) is 5.91. The highest BCUT2D eigenvalue weighted by Crippen LogP contribution is 2.24. The van der Waals surface area contributed by atoms with Crippen LogP contribution in [0.1, 0.15) is 39.5 Å². The van der Waals surface area contributed by atoms with E-state index < -0.39 is 6.10 Å². The molecule has 1 saturated carbocycles. The fourth-order valence-electron chi connectivity index (χ4n) is 2.80. The smallest absolute Gasteiger partial charge is 0.260 e. The molecule has 116 valence electrons. The Kier molecular flexibility index (Phi) is 5.48. The molecule has 4 heteroatoms. The zero-order valence-corrected chi connectivity index (χ0v) is 13.1. The summed E-state index contributed by atoms with van der Waals surface area (Å²) in [5.74, 6) is 2.11. The zero-order valence-electron chi connectivity index (χ0n) is 13.1. The second kappa shape index (κ2) is 7.34. The van der Waals surface area contributed by atoms with Gasteiger partial charge < -0.3 is 14.8 Å².